The minimum absolute atomic E-state index is 0.337. The zero-order valence-electron chi connectivity index (χ0n) is 11.4. The van der Waals surface area contributed by atoms with Crippen LogP contribution in [-0.2, 0) is 16.0 Å². The van der Waals surface area contributed by atoms with E-state index in [1.807, 2.05) is 6.07 Å². The van der Waals surface area contributed by atoms with E-state index in [-0.39, 0.29) is 5.97 Å². The molecule has 0 spiro atoms. The van der Waals surface area contributed by atoms with Gasteiger partial charge in [-0.05, 0) is 18.2 Å². The molecule has 106 valence electrons. The maximum absolute atomic E-state index is 11.5. The molecule has 1 aliphatic heterocycles. The lowest BCUT2D eigenvalue weighted by atomic mass is 10.2. The van der Waals surface area contributed by atoms with Crippen LogP contribution in [0.25, 0.3) is 11.0 Å². The van der Waals surface area contributed by atoms with Crippen LogP contribution in [0.5, 0.6) is 0 Å². The van der Waals surface area contributed by atoms with Crippen molar-refractivity contribution in [2.24, 2.45) is 0 Å². The van der Waals surface area contributed by atoms with Crippen LogP contribution in [0, 0.1) is 0 Å². The Morgan fingerprint density at radius 1 is 1.45 bits per heavy atom. The number of ether oxygens (including phenoxy) is 2. The Hall–Kier alpha value is -1.92. The molecular weight excluding hydrogens is 258 g/mol. The van der Waals surface area contributed by atoms with Crippen molar-refractivity contribution in [2.45, 2.75) is 6.54 Å². The van der Waals surface area contributed by atoms with Gasteiger partial charge in [-0.25, -0.2) is 9.78 Å². The van der Waals surface area contributed by atoms with Gasteiger partial charge in [0.05, 0.1) is 43.5 Å². The fourth-order valence-electron chi connectivity index (χ4n) is 2.35. The van der Waals surface area contributed by atoms with E-state index in [0.29, 0.717) is 5.56 Å². The van der Waals surface area contributed by atoms with Crippen molar-refractivity contribution in [3.05, 3.63) is 29.6 Å². The van der Waals surface area contributed by atoms with Crippen molar-refractivity contribution in [3.8, 4) is 0 Å². The van der Waals surface area contributed by atoms with Crippen LogP contribution >= 0.6 is 0 Å². The van der Waals surface area contributed by atoms with E-state index < -0.39 is 0 Å². The van der Waals surface area contributed by atoms with E-state index >= 15 is 0 Å². The summed E-state index contributed by atoms with van der Waals surface area (Å²) < 4.78 is 10.0. The summed E-state index contributed by atoms with van der Waals surface area (Å²) >= 11 is 0. The van der Waals surface area contributed by atoms with Crippen molar-refractivity contribution >= 4 is 17.0 Å². The van der Waals surface area contributed by atoms with E-state index in [1.165, 1.54) is 7.11 Å². The van der Waals surface area contributed by atoms with Crippen molar-refractivity contribution < 1.29 is 14.3 Å². The second kappa shape index (κ2) is 5.60. The molecule has 2 heterocycles. The standard InChI is InChI=1S/C14H17N3O3/c1-19-14(18)10-2-3-11-12(8-10)16-13(15-11)9-17-4-6-20-7-5-17/h2-3,8H,4-7,9H2,1H3,(H,15,16). The zero-order chi connectivity index (χ0) is 13.9. The summed E-state index contributed by atoms with van der Waals surface area (Å²) in [6.07, 6.45) is 0. The average molecular weight is 275 g/mol. The molecule has 1 aromatic heterocycles. The number of rotatable bonds is 3. The van der Waals surface area contributed by atoms with Gasteiger partial charge in [-0.2, -0.15) is 0 Å². The number of hydrogen-bond donors (Lipinski definition) is 1. The SMILES string of the molecule is COC(=O)c1ccc2nc(CN3CCOCC3)[nH]c2c1. The van der Waals surface area contributed by atoms with Crippen LogP contribution < -0.4 is 0 Å². The number of imidazole rings is 1. The first kappa shape index (κ1) is 13.1. The summed E-state index contributed by atoms with van der Waals surface area (Å²) in [6, 6.07) is 5.34. The van der Waals surface area contributed by atoms with Gasteiger partial charge < -0.3 is 14.5 Å². The molecule has 6 heteroatoms. The number of carbonyl (C=O) groups excluding carboxylic acids is 1. The predicted molar refractivity (Wildman–Crippen MR) is 73.5 cm³/mol. The molecule has 1 saturated heterocycles. The minimum atomic E-state index is -0.337. The highest BCUT2D eigenvalue weighted by Gasteiger charge is 2.14. The van der Waals surface area contributed by atoms with E-state index in [1.54, 1.807) is 12.1 Å². The third-order valence-electron chi connectivity index (χ3n) is 3.43. The van der Waals surface area contributed by atoms with E-state index in [9.17, 15) is 4.79 Å². The fourth-order valence-corrected chi connectivity index (χ4v) is 2.35. The van der Waals surface area contributed by atoms with Crippen molar-refractivity contribution in [2.75, 3.05) is 33.4 Å². The number of hydrogen-bond acceptors (Lipinski definition) is 5. The van der Waals surface area contributed by atoms with Crippen LogP contribution in [0.1, 0.15) is 16.2 Å². The average Bonchev–Trinajstić information content (AvgIpc) is 2.88. The van der Waals surface area contributed by atoms with E-state index in [2.05, 4.69) is 14.9 Å². The van der Waals surface area contributed by atoms with Gasteiger partial charge in [0.15, 0.2) is 0 Å². The van der Waals surface area contributed by atoms with Gasteiger partial charge in [0, 0.05) is 13.1 Å². The number of aromatic amines is 1. The summed E-state index contributed by atoms with van der Waals surface area (Å²) in [6.45, 7) is 4.15. The lowest BCUT2D eigenvalue weighted by Gasteiger charge is -2.25. The number of fused-ring (bicyclic) bond motifs is 1. The predicted octanol–water partition coefficient (Wildman–Crippen LogP) is 1.18. The van der Waals surface area contributed by atoms with Crippen LogP contribution in [0.15, 0.2) is 18.2 Å². The van der Waals surface area contributed by atoms with Crippen LogP contribution in [-0.4, -0.2) is 54.3 Å². The number of aromatic nitrogens is 2. The van der Waals surface area contributed by atoms with Gasteiger partial charge in [0.25, 0.3) is 0 Å². The monoisotopic (exact) mass is 275 g/mol. The molecule has 0 unspecified atom stereocenters. The third kappa shape index (κ3) is 2.66. The Kier molecular flexibility index (Phi) is 3.66. The van der Waals surface area contributed by atoms with Crippen LogP contribution in [0.4, 0.5) is 0 Å². The first-order valence-electron chi connectivity index (χ1n) is 6.63. The van der Waals surface area contributed by atoms with Gasteiger partial charge in [-0.15, -0.1) is 0 Å². The molecule has 0 amide bonds. The second-order valence-corrected chi connectivity index (χ2v) is 4.80. The van der Waals surface area contributed by atoms with Gasteiger partial charge in [0.1, 0.15) is 5.82 Å². The molecule has 0 aliphatic carbocycles. The zero-order valence-corrected chi connectivity index (χ0v) is 11.4. The highest BCUT2D eigenvalue weighted by Crippen LogP contribution is 2.15. The largest absolute Gasteiger partial charge is 0.465 e. The Labute approximate surface area is 116 Å². The Balaban J connectivity index is 1.81. The molecule has 0 bridgehead atoms. The lowest BCUT2D eigenvalue weighted by molar-refractivity contribution is 0.0332. The number of H-pyrrole nitrogens is 1. The van der Waals surface area contributed by atoms with Gasteiger partial charge in [0.2, 0.25) is 0 Å². The van der Waals surface area contributed by atoms with Crippen LogP contribution in [0.3, 0.4) is 0 Å². The first-order chi connectivity index (χ1) is 9.76. The van der Waals surface area contributed by atoms with Crippen molar-refractivity contribution in [3.63, 3.8) is 0 Å². The van der Waals surface area contributed by atoms with Crippen molar-refractivity contribution in [1.29, 1.82) is 0 Å². The summed E-state index contributed by atoms with van der Waals surface area (Å²) in [7, 11) is 1.38. The van der Waals surface area contributed by atoms with E-state index in [4.69, 9.17) is 9.47 Å². The lowest BCUT2D eigenvalue weighted by Crippen LogP contribution is -2.35. The number of esters is 1. The number of morpholine rings is 1. The van der Waals surface area contributed by atoms with Gasteiger partial charge in [-0.1, -0.05) is 0 Å². The molecule has 1 fully saturated rings. The molecule has 0 saturated carbocycles. The molecule has 1 aliphatic rings. The number of nitrogens with zero attached hydrogens (tertiary/aromatic N) is 2. The fraction of sp³-hybridized carbons (Fsp3) is 0.429. The van der Waals surface area contributed by atoms with E-state index in [0.717, 1.165) is 49.7 Å². The Bertz CT molecular complexity index is 617. The summed E-state index contributed by atoms with van der Waals surface area (Å²) in [5.41, 5.74) is 2.25. The maximum Gasteiger partial charge on any atom is 0.337 e. The summed E-state index contributed by atoms with van der Waals surface area (Å²) in [4.78, 5) is 21.6. The highest BCUT2D eigenvalue weighted by atomic mass is 16.5. The topological polar surface area (TPSA) is 67.4 Å². The molecular formula is C14H17N3O3. The number of benzene rings is 1. The Morgan fingerprint density at radius 3 is 3.00 bits per heavy atom. The number of carbonyl (C=O) groups is 1. The summed E-state index contributed by atoms with van der Waals surface area (Å²) in [5, 5.41) is 0. The van der Waals surface area contributed by atoms with Gasteiger partial charge in [-0.3, -0.25) is 4.90 Å². The minimum Gasteiger partial charge on any atom is -0.465 e. The second-order valence-electron chi connectivity index (χ2n) is 4.80. The smallest absolute Gasteiger partial charge is 0.337 e. The van der Waals surface area contributed by atoms with Crippen LogP contribution in [0.2, 0.25) is 0 Å². The molecule has 1 N–H and O–H groups in total. The normalized spacial score (nSPS) is 16.4. The molecule has 20 heavy (non-hydrogen) atoms. The summed E-state index contributed by atoms with van der Waals surface area (Å²) in [5.74, 6) is 0.570. The van der Waals surface area contributed by atoms with Gasteiger partial charge >= 0.3 is 5.97 Å². The third-order valence-corrected chi connectivity index (χ3v) is 3.43. The number of nitrogens with one attached hydrogen (secondary N) is 1. The Morgan fingerprint density at radius 2 is 2.25 bits per heavy atom. The molecule has 1 aromatic carbocycles. The quantitative estimate of drug-likeness (QED) is 0.852. The van der Waals surface area contributed by atoms with Crippen molar-refractivity contribution in [1.82, 2.24) is 14.9 Å². The molecule has 3 rings (SSSR count). The molecule has 0 atom stereocenters. The maximum atomic E-state index is 11.5. The molecule has 6 nitrogen and oxygen atoms in total. The molecule has 2 aromatic rings. The highest BCUT2D eigenvalue weighted by molar-refractivity contribution is 5.93. The number of methoxy groups -OCH3 is 1. The first-order valence-corrected chi connectivity index (χ1v) is 6.63. The molecule has 0 radical (unpaired) electrons.